The fraction of sp³-hybridized carbons (Fsp3) is 0.300. The molecule has 1 atom stereocenters. The SMILES string of the molecule is Cc1c(Cl)ccc(OC(C)C(=O)O)c1Cl. The summed E-state index contributed by atoms with van der Waals surface area (Å²) in [4.78, 5) is 10.6. The Morgan fingerprint density at radius 2 is 2.07 bits per heavy atom. The molecule has 0 bridgehead atoms. The summed E-state index contributed by atoms with van der Waals surface area (Å²) in [6.45, 7) is 3.17. The molecule has 15 heavy (non-hydrogen) atoms. The number of carboxylic acids is 1. The van der Waals surface area contributed by atoms with Gasteiger partial charge in [-0.15, -0.1) is 0 Å². The van der Waals surface area contributed by atoms with E-state index in [-0.39, 0.29) is 0 Å². The maximum Gasteiger partial charge on any atom is 0.344 e. The molecule has 0 spiro atoms. The van der Waals surface area contributed by atoms with Crippen molar-refractivity contribution in [1.29, 1.82) is 0 Å². The monoisotopic (exact) mass is 248 g/mol. The molecular formula is C10H10Cl2O3. The summed E-state index contributed by atoms with van der Waals surface area (Å²) in [5.74, 6) is -0.716. The minimum absolute atomic E-state index is 0.327. The van der Waals surface area contributed by atoms with Crippen molar-refractivity contribution in [3.05, 3.63) is 27.7 Å². The van der Waals surface area contributed by atoms with E-state index in [1.807, 2.05) is 0 Å². The number of carbonyl (C=O) groups is 1. The number of ether oxygens (including phenoxy) is 1. The van der Waals surface area contributed by atoms with Crippen molar-refractivity contribution in [1.82, 2.24) is 0 Å². The van der Waals surface area contributed by atoms with Gasteiger partial charge < -0.3 is 9.84 Å². The fourth-order valence-corrected chi connectivity index (χ4v) is 1.38. The Morgan fingerprint density at radius 3 is 2.60 bits per heavy atom. The Kier molecular flexibility index (Phi) is 3.83. The summed E-state index contributed by atoms with van der Waals surface area (Å²) >= 11 is 11.8. The number of carboxylic acid groups (broad SMARTS) is 1. The molecule has 0 radical (unpaired) electrons. The van der Waals surface area contributed by atoms with Crippen molar-refractivity contribution < 1.29 is 14.6 Å². The lowest BCUT2D eigenvalue weighted by molar-refractivity contribution is -0.144. The van der Waals surface area contributed by atoms with Gasteiger partial charge in [0.2, 0.25) is 0 Å². The average Bonchev–Trinajstić information content (AvgIpc) is 2.18. The van der Waals surface area contributed by atoms with Crippen LogP contribution >= 0.6 is 23.2 Å². The third kappa shape index (κ3) is 2.76. The van der Waals surface area contributed by atoms with Crippen LogP contribution in [0.1, 0.15) is 12.5 Å². The highest BCUT2D eigenvalue weighted by atomic mass is 35.5. The smallest absolute Gasteiger partial charge is 0.344 e. The Bertz CT molecular complexity index is 390. The highest BCUT2D eigenvalue weighted by molar-refractivity contribution is 6.36. The number of benzene rings is 1. The lowest BCUT2D eigenvalue weighted by Crippen LogP contribution is -2.23. The minimum atomic E-state index is -1.04. The molecule has 0 aliphatic heterocycles. The standard InChI is InChI=1S/C10H10Cl2O3/c1-5-7(11)3-4-8(9(5)12)15-6(2)10(13)14/h3-4,6H,1-2H3,(H,13,14). The van der Waals surface area contributed by atoms with Crippen LogP contribution in [0.2, 0.25) is 10.0 Å². The molecule has 1 N–H and O–H groups in total. The van der Waals surface area contributed by atoms with E-state index in [0.717, 1.165) is 0 Å². The van der Waals surface area contributed by atoms with Crippen LogP contribution in [0.25, 0.3) is 0 Å². The van der Waals surface area contributed by atoms with Crippen molar-refractivity contribution in [2.45, 2.75) is 20.0 Å². The van der Waals surface area contributed by atoms with Crippen LogP contribution in [-0.2, 0) is 4.79 Å². The zero-order valence-electron chi connectivity index (χ0n) is 8.25. The Labute approximate surface area is 97.6 Å². The fourth-order valence-electron chi connectivity index (χ4n) is 0.969. The minimum Gasteiger partial charge on any atom is -0.479 e. The van der Waals surface area contributed by atoms with Crippen LogP contribution in [-0.4, -0.2) is 17.2 Å². The van der Waals surface area contributed by atoms with Crippen molar-refractivity contribution in [2.75, 3.05) is 0 Å². The zero-order valence-corrected chi connectivity index (χ0v) is 9.76. The second-order valence-electron chi connectivity index (χ2n) is 3.08. The molecule has 0 heterocycles. The average molecular weight is 249 g/mol. The maximum absolute atomic E-state index is 10.6. The summed E-state index contributed by atoms with van der Waals surface area (Å²) in [7, 11) is 0. The molecular weight excluding hydrogens is 239 g/mol. The molecule has 82 valence electrons. The van der Waals surface area contributed by atoms with Gasteiger partial charge in [0.15, 0.2) is 6.10 Å². The molecule has 0 amide bonds. The van der Waals surface area contributed by atoms with Gasteiger partial charge >= 0.3 is 5.97 Å². The molecule has 0 saturated carbocycles. The first-order valence-corrected chi connectivity index (χ1v) is 5.03. The molecule has 0 fully saturated rings. The molecule has 1 rings (SSSR count). The highest BCUT2D eigenvalue weighted by Gasteiger charge is 2.15. The van der Waals surface area contributed by atoms with E-state index >= 15 is 0 Å². The quantitative estimate of drug-likeness (QED) is 0.894. The van der Waals surface area contributed by atoms with Gasteiger partial charge in [-0.1, -0.05) is 23.2 Å². The van der Waals surface area contributed by atoms with Crippen LogP contribution in [0, 0.1) is 6.92 Å². The Morgan fingerprint density at radius 1 is 1.47 bits per heavy atom. The van der Waals surface area contributed by atoms with E-state index in [1.165, 1.54) is 6.92 Å². The van der Waals surface area contributed by atoms with Crippen LogP contribution in [0.3, 0.4) is 0 Å². The predicted molar refractivity (Wildman–Crippen MR) is 58.9 cm³/mol. The summed E-state index contributed by atoms with van der Waals surface area (Å²) in [5.41, 5.74) is 0.674. The summed E-state index contributed by atoms with van der Waals surface area (Å²) in [5, 5.41) is 9.53. The van der Waals surface area contributed by atoms with Crippen molar-refractivity contribution in [3.63, 3.8) is 0 Å². The van der Waals surface area contributed by atoms with E-state index in [0.29, 0.717) is 21.4 Å². The normalized spacial score (nSPS) is 12.3. The van der Waals surface area contributed by atoms with Gasteiger partial charge in [0.05, 0.1) is 5.02 Å². The van der Waals surface area contributed by atoms with Crippen molar-refractivity contribution >= 4 is 29.2 Å². The van der Waals surface area contributed by atoms with E-state index in [1.54, 1.807) is 19.1 Å². The molecule has 0 aliphatic rings. The maximum atomic E-state index is 10.6. The summed E-state index contributed by atoms with van der Waals surface area (Å²) < 4.78 is 5.15. The second-order valence-corrected chi connectivity index (χ2v) is 3.87. The topological polar surface area (TPSA) is 46.5 Å². The van der Waals surface area contributed by atoms with E-state index in [2.05, 4.69) is 0 Å². The summed E-state index contributed by atoms with van der Waals surface area (Å²) in [6.07, 6.45) is -0.942. The van der Waals surface area contributed by atoms with E-state index in [9.17, 15) is 4.79 Å². The molecule has 1 aromatic rings. The first-order chi connectivity index (χ1) is 6.93. The van der Waals surface area contributed by atoms with Gasteiger partial charge in [-0.2, -0.15) is 0 Å². The number of hydrogen-bond donors (Lipinski definition) is 1. The van der Waals surface area contributed by atoms with Gasteiger partial charge in [0.1, 0.15) is 5.75 Å². The molecule has 5 heteroatoms. The third-order valence-electron chi connectivity index (χ3n) is 1.94. The van der Waals surface area contributed by atoms with E-state index in [4.69, 9.17) is 33.0 Å². The number of halogens is 2. The van der Waals surface area contributed by atoms with Gasteiger partial charge in [0, 0.05) is 5.02 Å². The van der Waals surface area contributed by atoms with Gasteiger partial charge in [-0.25, -0.2) is 4.79 Å². The zero-order chi connectivity index (χ0) is 11.6. The highest BCUT2D eigenvalue weighted by Crippen LogP contribution is 2.33. The molecule has 0 saturated heterocycles. The molecule has 0 aliphatic carbocycles. The number of aliphatic carboxylic acids is 1. The van der Waals surface area contributed by atoms with Gasteiger partial charge in [-0.3, -0.25) is 0 Å². The Hall–Kier alpha value is -0.930. The molecule has 3 nitrogen and oxygen atoms in total. The van der Waals surface area contributed by atoms with Crippen LogP contribution in [0.15, 0.2) is 12.1 Å². The predicted octanol–water partition coefficient (Wildman–Crippen LogP) is 3.15. The largest absolute Gasteiger partial charge is 0.479 e. The van der Waals surface area contributed by atoms with Crippen LogP contribution in [0.5, 0.6) is 5.75 Å². The first kappa shape index (κ1) is 12.1. The molecule has 0 aromatic heterocycles. The second kappa shape index (κ2) is 4.73. The lowest BCUT2D eigenvalue weighted by Gasteiger charge is -2.13. The number of hydrogen-bond acceptors (Lipinski definition) is 2. The van der Waals surface area contributed by atoms with E-state index < -0.39 is 12.1 Å². The molecule has 1 unspecified atom stereocenters. The number of rotatable bonds is 3. The van der Waals surface area contributed by atoms with Crippen molar-refractivity contribution in [3.8, 4) is 5.75 Å². The van der Waals surface area contributed by atoms with Gasteiger partial charge in [-0.05, 0) is 31.5 Å². The van der Waals surface area contributed by atoms with Crippen LogP contribution in [0.4, 0.5) is 0 Å². The first-order valence-electron chi connectivity index (χ1n) is 4.27. The summed E-state index contributed by atoms with van der Waals surface area (Å²) in [6, 6.07) is 3.17. The molecule has 1 aromatic carbocycles. The van der Waals surface area contributed by atoms with Crippen LogP contribution < -0.4 is 4.74 Å². The third-order valence-corrected chi connectivity index (χ3v) is 2.82. The van der Waals surface area contributed by atoms with Gasteiger partial charge in [0.25, 0.3) is 0 Å². The lowest BCUT2D eigenvalue weighted by atomic mass is 10.2. The Balaban J connectivity index is 2.97. The van der Waals surface area contributed by atoms with Crippen molar-refractivity contribution in [2.24, 2.45) is 0 Å².